The van der Waals surface area contributed by atoms with Crippen LogP contribution in [-0.4, -0.2) is 41.3 Å². The lowest BCUT2D eigenvalue weighted by molar-refractivity contribution is -0.124. The standard InChI is InChI=1S/C18H23N3O4/c1-12-5-14(20-25-12)10-21-9-13-6-16(24-17(13)11-21)7-18(22)19-8-15-3-2-4-23-15/h2-5,13,16-17H,6-11H2,1H3,(H,19,22)/t13-,16+,17+/m0/s1. The quantitative estimate of drug-likeness (QED) is 0.861. The lowest BCUT2D eigenvalue weighted by Gasteiger charge is -2.17. The van der Waals surface area contributed by atoms with E-state index < -0.39 is 0 Å². The lowest BCUT2D eigenvalue weighted by Crippen LogP contribution is -2.29. The van der Waals surface area contributed by atoms with Gasteiger partial charge >= 0.3 is 0 Å². The molecular formula is C18H23N3O4. The van der Waals surface area contributed by atoms with Crippen LogP contribution in [0.1, 0.15) is 30.1 Å². The summed E-state index contributed by atoms with van der Waals surface area (Å²) in [4.78, 5) is 14.4. The van der Waals surface area contributed by atoms with Gasteiger partial charge in [-0.3, -0.25) is 9.69 Å². The van der Waals surface area contributed by atoms with Crippen LogP contribution < -0.4 is 5.32 Å². The molecule has 2 aromatic rings. The number of fused-ring (bicyclic) bond motifs is 1. The number of hydrogen-bond donors (Lipinski definition) is 1. The Labute approximate surface area is 146 Å². The Morgan fingerprint density at radius 3 is 3.08 bits per heavy atom. The number of aryl methyl sites for hydroxylation is 1. The summed E-state index contributed by atoms with van der Waals surface area (Å²) >= 11 is 0. The van der Waals surface area contributed by atoms with Gasteiger partial charge in [-0.15, -0.1) is 0 Å². The van der Waals surface area contributed by atoms with Gasteiger partial charge in [-0.1, -0.05) is 5.16 Å². The third kappa shape index (κ3) is 3.93. The van der Waals surface area contributed by atoms with E-state index in [-0.39, 0.29) is 18.1 Å². The van der Waals surface area contributed by atoms with Gasteiger partial charge in [0.05, 0.1) is 37.1 Å². The van der Waals surface area contributed by atoms with Crippen molar-refractivity contribution >= 4 is 5.91 Å². The predicted molar refractivity (Wildman–Crippen MR) is 88.5 cm³/mol. The number of rotatable bonds is 6. The van der Waals surface area contributed by atoms with Crippen LogP contribution in [0.4, 0.5) is 0 Å². The normalized spacial score (nSPS) is 26.0. The Hall–Kier alpha value is -2.12. The van der Waals surface area contributed by atoms with E-state index in [0.717, 1.165) is 43.3 Å². The first kappa shape index (κ1) is 16.4. The fourth-order valence-corrected chi connectivity index (χ4v) is 3.81. The van der Waals surface area contributed by atoms with Gasteiger partial charge in [-0.05, 0) is 25.5 Å². The van der Waals surface area contributed by atoms with Gasteiger partial charge in [0.2, 0.25) is 5.91 Å². The number of nitrogens with zero attached hydrogens (tertiary/aromatic N) is 2. The third-order valence-electron chi connectivity index (χ3n) is 4.90. The van der Waals surface area contributed by atoms with Crippen molar-refractivity contribution < 1.29 is 18.5 Å². The average molecular weight is 345 g/mol. The number of hydrogen-bond acceptors (Lipinski definition) is 6. The molecule has 7 heteroatoms. The van der Waals surface area contributed by atoms with Gasteiger partial charge < -0.3 is 19.0 Å². The zero-order valence-electron chi connectivity index (χ0n) is 14.3. The zero-order valence-corrected chi connectivity index (χ0v) is 14.3. The van der Waals surface area contributed by atoms with Crippen molar-refractivity contribution in [1.82, 2.24) is 15.4 Å². The molecule has 1 N–H and O–H groups in total. The van der Waals surface area contributed by atoms with Gasteiger partial charge in [0.15, 0.2) is 0 Å². The molecule has 2 aliphatic heterocycles. The van der Waals surface area contributed by atoms with Crippen LogP contribution in [0.15, 0.2) is 33.4 Å². The summed E-state index contributed by atoms with van der Waals surface area (Å²) in [6.07, 6.45) is 3.19. The van der Waals surface area contributed by atoms with Crippen molar-refractivity contribution in [3.8, 4) is 0 Å². The summed E-state index contributed by atoms with van der Waals surface area (Å²) in [7, 11) is 0. The third-order valence-corrected chi connectivity index (χ3v) is 4.90. The van der Waals surface area contributed by atoms with E-state index in [2.05, 4.69) is 15.4 Å². The molecule has 7 nitrogen and oxygen atoms in total. The van der Waals surface area contributed by atoms with E-state index in [1.54, 1.807) is 6.26 Å². The summed E-state index contributed by atoms with van der Waals surface area (Å²) in [5, 5.41) is 6.93. The molecular weight excluding hydrogens is 322 g/mol. The van der Waals surface area contributed by atoms with E-state index in [4.69, 9.17) is 13.7 Å². The molecule has 1 amide bonds. The van der Waals surface area contributed by atoms with E-state index in [9.17, 15) is 4.79 Å². The molecule has 2 fully saturated rings. The summed E-state index contributed by atoms with van der Waals surface area (Å²) in [5.41, 5.74) is 0.964. The second-order valence-electron chi connectivity index (χ2n) is 6.98. The van der Waals surface area contributed by atoms with Crippen molar-refractivity contribution in [2.45, 2.75) is 45.1 Å². The Kier molecular flexibility index (Phi) is 4.59. The summed E-state index contributed by atoms with van der Waals surface area (Å²) in [5.74, 6) is 2.11. The van der Waals surface area contributed by atoms with E-state index >= 15 is 0 Å². The molecule has 0 radical (unpaired) electrons. The van der Waals surface area contributed by atoms with Crippen LogP contribution in [0.5, 0.6) is 0 Å². The number of likely N-dealkylation sites (tertiary alicyclic amines) is 1. The minimum atomic E-state index is 0.0105. The minimum absolute atomic E-state index is 0.0105. The van der Waals surface area contributed by atoms with Crippen molar-refractivity contribution in [3.05, 3.63) is 41.7 Å². The van der Waals surface area contributed by atoms with Crippen LogP contribution in [0, 0.1) is 12.8 Å². The van der Waals surface area contributed by atoms with Crippen LogP contribution in [0.25, 0.3) is 0 Å². The Morgan fingerprint density at radius 2 is 2.36 bits per heavy atom. The van der Waals surface area contributed by atoms with Crippen molar-refractivity contribution in [2.75, 3.05) is 13.1 Å². The average Bonchev–Trinajstić information content (AvgIpc) is 3.31. The summed E-state index contributed by atoms with van der Waals surface area (Å²) < 4.78 is 16.4. The molecule has 4 rings (SSSR count). The van der Waals surface area contributed by atoms with Crippen LogP contribution in [-0.2, 0) is 22.6 Å². The highest BCUT2D eigenvalue weighted by atomic mass is 16.5. The number of carbonyl (C=O) groups excluding carboxylic acids is 1. The van der Waals surface area contributed by atoms with E-state index in [1.165, 1.54) is 0 Å². The maximum Gasteiger partial charge on any atom is 0.222 e. The molecule has 3 atom stereocenters. The molecule has 134 valence electrons. The van der Waals surface area contributed by atoms with Gasteiger partial charge in [0.25, 0.3) is 0 Å². The number of nitrogens with one attached hydrogen (secondary N) is 1. The highest BCUT2D eigenvalue weighted by Crippen LogP contribution is 2.34. The molecule has 0 spiro atoms. The van der Waals surface area contributed by atoms with E-state index in [0.29, 0.717) is 18.9 Å². The molecule has 0 aromatic carbocycles. The first-order valence-corrected chi connectivity index (χ1v) is 8.75. The van der Waals surface area contributed by atoms with Gasteiger partial charge in [-0.25, -0.2) is 0 Å². The largest absolute Gasteiger partial charge is 0.467 e. The second kappa shape index (κ2) is 7.01. The molecule has 2 aromatic heterocycles. The molecule has 2 saturated heterocycles. The monoisotopic (exact) mass is 345 g/mol. The van der Waals surface area contributed by atoms with Gasteiger partial charge in [0.1, 0.15) is 11.5 Å². The predicted octanol–water partition coefficient (Wildman–Crippen LogP) is 1.87. The molecule has 0 aliphatic carbocycles. The summed E-state index contributed by atoms with van der Waals surface area (Å²) in [6.45, 7) is 5.00. The maximum absolute atomic E-state index is 12.1. The number of amides is 1. The minimum Gasteiger partial charge on any atom is -0.467 e. The SMILES string of the molecule is Cc1cc(CN2C[C@@H]3C[C@H](CC(=O)NCc4ccco4)O[C@@H]3C2)no1. The molecule has 0 unspecified atom stereocenters. The van der Waals surface area contributed by atoms with E-state index in [1.807, 2.05) is 25.1 Å². The van der Waals surface area contributed by atoms with Crippen LogP contribution in [0.2, 0.25) is 0 Å². The first-order chi connectivity index (χ1) is 12.2. The highest BCUT2D eigenvalue weighted by Gasteiger charge is 2.42. The first-order valence-electron chi connectivity index (χ1n) is 8.75. The molecule has 0 bridgehead atoms. The van der Waals surface area contributed by atoms with Crippen LogP contribution in [0.3, 0.4) is 0 Å². The second-order valence-corrected chi connectivity index (χ2v) is 6.98. The topological polar surface area (TPSA) is 80.7 Å². The lowest BCUT2D eigenvalue weighted by atomic mass is 10.0. The fourth-order valence-electron chi connectivity index (χ4n) is 3.81. The maximum atomic E-state index is 12.1. The Morgan fingerprint density at radius 1 is 1.44 bits per heavy atom. The molecule has 0 saturated carbocycles. The van der Waals surface area contributed by atoms with Crippen molar-refractivity contribution in [1.29, 1.82) is 0 Å². The number of carbonyl (C=O) groups is 1. The van der Waals surface area contributed by atoms with Crippen molar-refractivity contribution in [3.63, 3.8) is 0 Å². The van der Waals surface area contributed by atoms with Crippen LogP contribution >= 0.6 is 0 Å². The Balaban J connectivity index is 1.20. The Bertz CT molecular complexity index is 698. The number of furan rings is 1. The smallest absolute Gasteiger partial charge is 0.222 e. The number of aromatic nitrogens is 1. The molecule has 2 aliphatic rings. The summed E-state index contributed by atoms with van der Waals surface area (Å²) in [6, 6.07) is 5.64. The van der Waals surface area contributed by atoms with Gasteiger partial charge in [0, 0.05) is 31.6 Å². The molecule has 25 heavy (non-hydrogen) atoms. The highest BCUT2D eigenvalue weighted by molar-refractivity contribution is 5.76. The number of ether oxygens (including phenoxy) is 1. The van der Waals surface area contributed by atoms with Gasteiger partial charge in [-0.2, -0.15) is 0 Å². The van der Waals surface area contributed by atoms with Crippen molar-refractivity contribution in [2.24, 2.45) is 5.92 Å². The fraction of sp³-hybridized carbons (Fsp3) is 0.556. The molecule has 4 heterocycles. The zero-order chi connectivity index (χ0) is 17.2.